The molecule has 0 bridgehead atoms. The minimum Gasteiger partial charge on any atom is -0.393 e. The van der Waals surface area contributed by atoms with Gasteiger partial charge in [0.15, 0.2) is 0 Å². The van der Waals surface area contributed by atoms with Gasteiger partial charge in [0, 0.05) is 17.3 Å². The first-order chi connectivity index (χ1) is 20.0. The predicted octanol–water partition coefficient (Wildman–Crippen LogP) is 10.00. The number of aliphatic hydroxyl groups excluding tert-OH is 1. The zero-order valence-corrected chi connectivity index (χ0v) is 28.5. The summed E-state index contributed by atoms with van der Waals surface area (Å²) < 4.78 is 12.6. The highest BCUT2D eigenvalue weighted by atomic mass is 16.6. The molecule has 4 rings (SSSR count). The Morgan fingerprint density at radius 1 is 0.558 bits per heavy atom. The lowest BCUT2D eigenvalue weighted by Crippen LogP contribution is -2.46. The van der Waals surface area contributed by atoms with Gasteiger partial charge in [0.2, 0.25) is 0 Å². The average Bonchev–Trinajstić information content (AvgIpc) is 3.74. The number of fused-ring (bicyclic) bond motifs is 2. The van der Waals surface area contributed by atoms with Crippen LogP contribution in [-0.4, -0.2) is 33.6 Å². The number of aliphatic hydroxyl groups is 1. The molecule has 0 amide bonds. The van der Waals surface area contributed by atoms with E-state index in [2.05, 4.69) is 154 Å². The number of hydrogen-bond donors (Lipinski definition) is 1. The van der Waals surface area contributed by atoms with E-state index >= 15 is 0 Å². The predicted molar refractivity (Wildman–Crippen MR) is 182 cm³/mol. The minimum atomic E-state index is -0.286. The second-order valence-corrected chi connectivity index (χ2v) is 15.2. The van der Waals surface area contributed by atoms with Gasteiger partial charge in [0.05, 0.1) is 11.7 Å². The van der Waals surface area contributed by atoms with Crippen molar-refractivity contribution < 1.29 is 14.6 Å². The topological polar surface area (TPSA) is 45.3 Å². The van der Waals surface area contributed by atoms with Crippen LogP contribution >= 0.6 is 0 Å². The summed E-state index contributed by atoms with van der Waals surface area (Å²) in [6.45, 7) is 22.0. The average molecular weight is 585 g/mol. The third-order valence-electron chi connectivity index (χ3n) is 10.5. The lowest BCUT2D eigenvalue weighted by atomic mass is 9.63. The van der Waals surface area contributed by atoms with Crippen molar-refractivity contribution in [3.05, 3.63) is 107 Å². The lowest BCUT2D eigenvalue weighted by Gasteiger charge is -2.39. The van der Waals surface area contributed by atoms with E-state index in [9.17, 15) is 5.11 Å². The van der Waals surface area contributed by atoms with Gasteiger partial charge in [-0.05, 0) is 79.4 Å². The molecule has 2 saturated carbocycles. The maximum Gasteiger partial charge on any atom is 0.121 e. The molecule has 2 saturated heterocycles. The SMILES string of the molecule is CC(/C=C/C=C(C)/C=C/[C@@]12O[C@]1(C)CCCC2(C)C)=C\C=C\C=C(C)\C=C\C=C(C)\C=C\[C@@]12O[C@@]1(C)C[C@@H](O)CC2(C)C. The van der Waals surface area contributed by atoms with Crippen molar-refractivity contribution in [1.29, 1.82) is 0 Å². The molecule has 4 fully saturated rings. The van der Waals surface area contributed by atoms with Crippen LogP contribution in [0.2, 0.25) is 0 Å². The van der Waals surface area contributed by atoms with Crippen LogP contribution in [0.3, 0.4) is 0 Å². The Kier molecular flexibility index (Phi) is 9.44. The first-order valence-electron chi connectivity index (χ1n) is 16.2. The van der Waals surface area contributed by atoms with Gasteiger partial charge in [0.1, 0.15) is 16.8 Å². The van der Waals surface area contributed by atoms with Crippen molar-refractivity contribution in [2.75, 3.05) is 0 Å². The molecule has 0 aromatic heterocycles. The molecule has 2 heterocycles. The molecule has 2 aliphatic heterocycles. The molecule has 0 spiro atoms. The van der Waals surface area contributed by atoms with E-state index in [1.807, 2.05) is 0 Å². The van der Waals surface area contributed by atoms with Crippen LogP contribution in [-0.2, 0) is 9.47 Å². The molecule has 1 N–H and O–H groups in total. The number of hydrogen-bond acceptors (Lipinski definition) is 3. The van der Waals surface area contributed by atoms with E-state index in [0.29, 0.717) is 6.42 Å². The Balaban J connectivity index is 1.25. The summed E-state index contributed by atoms with van der Waals surface area (Å²) in [5.74, 6) is 0. The first kappa shape index (κ1) is 33.4. The number of epoxide rings is 2. The quantitative estimate of drug-likeness (QED) is 0.205. The van der Waals surface area contributed by atoms with E-state index in [1.165, 1.54) is 35.1 Å². The van der Waals surface area contributed by atoms with Crippen LogP contribution < -0.4 is 0 Å². The summed E-state index contributed by atoms with van der Waals surface area (Å²) >= 11 is 0. The Hall–Kier alpha value is -2.46. The zero-order valence-electron chi connectivity index (χ0n) is 28.5. The molecule has 0 aromatic carbocycles. The van der Waals surface area contributed by atoms with Crippen LogP contribution in [0.4, 0.5) is 0 Å². The third-order valence-corrected chi connectivity index (χ3v) is 10.5. The fourth-order valence-corrected chi connectivity index (χ4v) is 7.82. The maximum atomic E-state index is 10.3. The molecule has 0 unspecified atom stereocenters. The van der Waals surface area contributed by atoms with Gasteiger partial charge in [-0.25, -0.2) is 0 Å². The molecule has 4 aliphatic rings. The molecule has 0 radical (unpaired) electrons. The highest BCUT2D eigenvalue weighted by Crippen LogP contribution is 2.67. The van der Waals surface area contributed by atoms with E-state index in [0.717, 1.165) is 12.8 Å². The lowest BCUT2D eigenvalue weighted by molar-refractivity contribution is 0.0515. The normalized spacial score (nSPS) is 38.1. The Bertz CT molecular complexity index is 1340. The summed E-state index contributed by atoms with van der Waals surface area (Å²) in [5, 5.41) is 10.3. The van der Waals surface area contributed by atoms with Crippen LogP contribution in [0.25, 0.3) is 0 Å². The molecule has 2 aliphatic carbocycles. The summed E-state index contributed by atoms with van der Waals surface area (Å²) in [7, 11) is 0. The highest BCUT2D eigenvalue weighted by Gasteiger charge is 2.75. The second kappa shape index (κ2) is 12.1. The minimum absolute atomic E-state index is 0.00957. The Labute approximate surface area is 262 Å². The molecule has 0 aromatic rings. The molecule has 3 nitrogen and oxygen atoms in total. The standard InChI is InChI=1S/C40H56O3/c1-30(18-13-20-32(3)22-26-39-35(5,6)24-15-25-37(39,9)42-39)16-11-12-17-31(2)19-14-21-33(4)23-27-40-36(7,8)28-34(41)29-38(40,10)43-40/h11-14,16-23,26-27,34,41H,15,24-25,28-29H2,1-10H3/b12-11+,18-13+,19-14+,26-22+,27-23+,30-16+,31-17+,32-20+,33-21+/t34-,37+,38-,39-,40-/m0/s1. The first-order valence-corrected chi connectivity index (χ1v) is 16.2. The van der Waals surface area contributed by atoms with Gasteiger partial charge < -0.3 is 14.6 Å². The molecule has 3 heteroatoms. The van der Waals surface area contributed by atoms with Crippen LogP contribution in [0.15, 0.2) is 107 Å². The molecular formula is C40H56O3. The van der Waals surface area contributed by atoms with E-state index in [-0.39, 0.29) is 39.3 Å². The van der Waals surface area contributed by atoms with E-state index in [1.54, 1.807) is 0 Å². The fourth-order valence-electron chi connectivity index (χ4n) is 7.82. The van der Waals surface area contributed by atoms with Crippen LogP contribution in [0.5, 0.6) is 0 Å². The smallest absolute Gasteiger partial charge is 0.121 e. The van der Waals surface area contributed by atoms with Crippen molar-refractivity contribution in [2.45, 2.75) is 130 Å². The summed E-state index contributed by atoms with van der Waals surface area (Å²) in [5.41, 5.74) is 4.24. The molecule has 43 heavy (non-hydrogen) atoms. The van der Waals surface area contributed by atoms with Gasteiger partial charge in [0.25, 0.3) is 0 Å². The zero-order chi connectivity index (χ0) is 31.7. The third kappa shape index (κ3) is 6.80. The summed E-state index contributed by atoms with van der Waals surface area (Å²) in [6, 6.07) is 0. The highest BCUT2D eigenvalue weighted by molar-refractivity contribution is 5.38. The Morgan fingerprint density at radius 2 is 1.00 bits per heavy atom. The number of ether oxygens (including phenoxy) is 2. The largest absolute Gasteiger partial charge is 0.393 e. The van der Waals surface area contributed by atoms with Gasteiger partial charge >= 0.3 is 0 Å². The van der Waals surface area contributed by atoms with Crippen molar-refractivity contribution in [2.24, 2.45) is 10.8 Å². The van der Waals surface area contributed by atoms with Gasteiger partial charge in [-0.1, -0.05) is 123 Å². The van der Waals surface area contributed by atoms with Crippen LogP contribution in [0, 0.1) is 10.8 Å². The van der Waals surface area contributed by atoms with Crippen molar-refractivity contribution in [3.8, 4) is 0 Å². The van der Waals surface area contributed by atoms with Crippen LogP contribution in [0.1, 0.15) is 101 Å². The van der Waals surface area contributed by atoms with E-state index < -0.39 is 0 Å². The van der Waals surface area contributed by atoms with Crippen molar-refractivity contribution >= 4 is 0 Å². The van der Waals surface area contributed by atoms with E-state index in [4.69, 9.17) is 9.47 Å². The monoisotopic (exact) mass is 584 g/mol. The molecule has 5 atom stereocenters. The van der Waals surface area contributed by atoms with Crippen molar-refractivity contribution in [3.63, 3.8) is 0 Å². The summed E-state index contributed by atoms with van der Waals surface area (Å²) in [6.07, 6.45) is 34.9. The second-order valence-electron chi connectivity index (χ2n) is 15.2. The fraction of sp³-hybridized carbons (Fsp3) is 0.550. The number of rotatable bonds is 10. The number of allylic oxidation sites excluding steroid dienone is 16. The Morgan fingerprint density at radius 3 is 1.49 bits per heavy atom. The molecule has 234 valence electrons. The summed E-state index contributed by atoms with van der Waals surface area (Å²) in [4.78, 5) is 0. The van der Waals surface area contributed by atoms with Gasteiger partial charge in [-0.2, -0.15) is 0 Å². The van der Waals surface area contributed by atoms with Gasteiger partial charge in [-0.15, -0.1) is 0 Å². The van der Waals surface area contributed by atoms with Crippen molar-refractivity contribution in [1.82, 2.24) is 0 Å². The van der Waals surface area contributed by atoms with Gasteiger partial charge in [-0.3, -0.25) is 0 Å². The maximum absolute atomic E-state index is 10.3. The molecular weight excluding hydrogens is 528 g/mol.